The van der Waals surface area contributed by atoms with E-state index in [9.17, 15) is 13.2 Å². The van der Waals surface area contributed by atoms with Gasteiger partial charge in [-0.1, -0.05) is 0 Å². The quantitative estimate of drug-likeness (QED) is 0.780. The molecular weight excluding hydrogens is 356 g/mol. The van der Waals surface area contributed by atoms with E-state index in [0.717, 1.165) is 18.4 Å². The Morgan fingerprint density at radius 3 is 2.88 bits per heavy atom. The first-order valence-corrected chi connectivity index (χ1v) is 10.6. The van der Waals surface area contributed by atoms with Gasteiger partial charge in [0.25, 0.3) is 0 Å². The minimum absolute atomic E-state index is 0.0963. The molecular formula is C18H24N2O5S. The Labute approximate surface area is 153 Å². The van der Waals surface area contributed by atoms with Crippen molar-refractivity contribution in [3.05, 3.63) is 23.8 Å². The first kappa shape index (κ1) is 17.8. The van der Waals surface area contributed by atoms with Crippen molar-refractivity contribution in [1.29, 1.82) is 0 Å². The van der Waals surface area contributed by atoms with Gasteiger partial charge in [-0.25, -0.2) is 13.2 Å². The van der Waals surface area contributed by atoms with Crippen molar-refractivity contribution in [3.8, 4) is 5.75 Å². The summed E-state index contributed by atoms with van der Waals surface area (Å²) < 4.78 is 38.2. The van der Waals surface area contributed by atoms with E-state index in [0.29, 0.717) is 31.2 Å². The van der Waals surface area contributed by atoms with Gasteiger partial charge in [-0.15, -0.1) is 0 Å². The summed E-state index contributed by atoms with van der Waals surface area (Å²) in [6, 6.07) is 4.90. The van der Waals surface area contributed by atoms with Gasteiger partial charge in [0, 0.05) is 25.6 Å². The van der Waals surface area contributed by atoms with Crippen molar-refractivity contribution in [2.24, 2.45) is 17.6 Å². The molecule has 1 aliphatic carbocycles. The van der Waals surface area contributed by atoms with Gasteiger partial charge in [0.2, 0.25) is 10.0 Å². The molecule has 142 valence electrons. The maximum absolute atomic E-state index is 13.0. The molecule has 1 aromatic carbocycles. The number of sulfonamides is 1. The lowest BCUT2D eigenvalue weighted by Crippen LogP contribution is -2.33. The monoisotopic (exact) mass is 380 g/mol. The Kier molecular flexibility index (Phi) is 4.45. The highest BCUT2D eigenvalue weighted by molar-refractivity contribution is 7.89. The molecule has 1 saturated heterocycles. The van der Waals surface area contributed by atoms with E-state index in [1.807, 2.05) is 0 Å². The van der Waals surface area contributed by atoms with Crippen molar-refractivity contribution in [1.82, 2.24) is 4.31 Å². The van der Waals surface area contributed by atoms with Crippen molar-refractivity contribution >= 4 is 16.0 Å². The van der Waals surface area contributed by atoms with Crippen LogP contribution in [0.4, 0.5) is 0 Å². The summed E-state index contributed by atoms with van der Waals surface area (Å²) in [5.41, 5.74) is 6.85. The lowest BCUT2D eigenvalue weighted by atomic mass is 9.98. The van der Waals surface area contributed by atoms with E-state index in [2.05, 4.69) is 0 Å². The summed E-state index contributed by atoms with van der Waals surface area (Å²) in [6.45, 7) is 3.06. The Bertz CT molecular complexity index is 825. The molecule has 2 fully saturated rings. The number of nitrogens with zero attached hydrogens (tertiary/aromatic N) is 1. The highest BCUT2D eigenvalue weighted by atomic mass is 32.2. The fourth-order valence-electron chi connectivity index (χ4n) is 4.36. The maximum Gasteiger partial charge on any atom is 0.347 e. The minimum Gasteiger partial charge on any atom is -0.478 e. The third-order valence-electron chi connectivity index (χ3n) is 5.77. The molecule has 0 bridgehead atoms. The van der Waals surface area contributed by atoms with Gasteiger partial charge < -0.3 is 15.2 Å². The molecule has 0 amide bonds. The largest absolute Gasteiger partial charge is 0.478 e. The molecule has 0 spiro atoms. The predicted molar refractivity (Wildman–Crippen MR) is 94.1 cm³/mol. The maximum atomic E-state index is 13.0. The molecule has 0 aromatic heterocycles. The minimum atomic E-state index is -3.57. The number of benzene rings is 1. The molecule has 0 radical (unpaired) electrons. The van der Waals surface area contributed by atoms with Crippen molar-refractivity contribution < 1.29 is 22.7 Å². The van der Waals surface area contributed by atoms with Gasteiger partial charge in [0.15, 0.2) is 6.10 Å². The first-order valence-electron chi connectivity index (χ1n) is 9.12. The first-order chi connectivity index (χ1) is 12.4. The Hall–Kier alpha value is -1.64. The molecule has 1 aromatic rings. The van der Waals surface area contributed by atoms with Crippen LogP contribution in [-0.2, 0) is 26.0 Å². The number of ether oxygens (including phenoxy) is 2. The van der Waals surface area contributed by atoms with Crippen LogP contribution in [0.3, 0.4) is 0 Å². The molecule has 2 aliphatic heterocycles. The molecule has 4 rings (SSSR count). The van der Waals surface area contributed by atoms with E-state index in [-0.39, 0.29) is 23.5 Å². The topological polar surface area (TPSA) is 98.9 Å². The van der Waals surface area contributed by atoms with Gasteiger partial charge in [-0.05, 0) is 55.4 Å². The average molecular weight is 380 g/mol. The third-order valence-corrected chi connectivity index (χ3v) is 7.60. The van der Waals surface area contributed by atoms with Crippen molar-refractivity contribution in [2.75, 3.05) is 19.7 Å². The van der Waals surface area contributed by atoms with Gasteiger partial charge in [-0.2, -0.15) is 4.31 Å². The van der Waals surface area contributed by atoms with E-state index >= 15 is 0 Å². The lowest BCUT2D eigenvalue weighted by molar-refractivity contribution is -0.150. The van der Waals surface area contributed by atoms with E-state index in [1.165, 1.54) is 0 Å². The lowest BCUT2D eigenvalue weighted by Gasteiger charge is -2.19. The van der Waals surface area contributed by atoms with Crippen LogP contribution in [0.5, 0.6) is 5.75 Å². The molecule has 8 heteroatoms. The highest BCUT2D eigenvalue weighted by Crippen LogP contribution is 2.40. The predicted octanol–water partition coefficient (Wildman–Crippen LogP) is 0.911. The molecule has 7 nitrogen and oxygen atoms in total. The number of carbonyl (C=O) groups is 1. The molecule has 4 atom stereocenters. The Morgan fingerprint density at radius 2 is 2.15 bits per heavy atom. The van der Waals surface area contributed by atoms with Gasteiger partial charge in [0.1, 0.15) is 5.75 Å². The third kappa shape index (κ3) is 2.90. The van der Waals surface area contributed by atoms with Crippen LogP contribution in [-0.4, -0.2) is 50.5 Å². The SMILES string of the molecule is CCOC(=O)C1Cc2cc(S(=O)(=O)N3CC4CCC(N)C4C3)ccc2O1. The second-order valence-corrected chi connectivity index (χ2v) is 9.26. The standard InChI is InChI=1S/C18H24N2O5S/c1-2-24-18(21)17-8-12-7-13(4-6-16(12)25-17)26(22,23)20-9-11-3-5-15(19)14(11)10-20/h4,6-7,11,14-15,17H,2-3,5,8-10,19H2,1H3. The van der Waals surface area contributed by atoms with Crippen LogP contribution in [0.1, 0.15) is 25.3 Å². The van der Waals surface area contributed by atoms with Gasteiger partial charge in [0.05, 0.1) is 11.5 Å². The van der Waals surface area contributed by atoms with Crippen LogP contribution < -0.4 is 10.5 Å². The summed E-state index contributed by atoms with van der Waals surface area (Å²) in [7, 11) is -3.57. The van der Waals surface area contributed by atoms with Gasteiger partial charge in [-0.3, -0.25) is 0 Å². The molecule has 26 heavy (non-hydrogen) atoms. The van der Waals surface area contributed by atoms with E-state index in [1.54, 1.807) is 29.4 Å². The summed E-state index contributed by atoms with van der Waals surface area (Å²) in [5.74, 6) is 0.748. The number of fused-ring (bicyclic) bond motifs is 2. The van der Waals surface area contributed by atoms with Gasteiger partial charge >= 0.3 is 5.97 Å². The van der Waals surface area contributed by atoms with Crippen LogP contribution in [0.15, 0.2) is 23.1 Å². The summed E-state index contributed by atoms with van der Waals surface area (Å²) >= 11 is 0. The number of hydrogen-bond donors (Lipinski definition) is 1. The number of hydrogen-bond acceptors (Lipinski definition) is 6. The second kappa shape index (κ2) is 6.51. The zero-order chi connectivity index (χ0) is 18.5. The van der Waals surface area contributed by atoms with Crippen molar-refractivity contribution in [3.63, 3.8) is 0 Å². The zero-order valence-corrected chi connectivity index (χ0v) is 15.6. The van der Waals surface area contributed by atoms with Crippen LogP contribution in [0.25, 0.3) is 0 Å². The second-order valence-electron chi connectivity index (χ2n) is 7.32. The highest BCUT2D eigenvalue weighted by Gasteiger charge is 2.45. The van der Waals surface area contributed by atoms with E-state index < -0.39 is 22.1 Å². The molecule has 2 N–H and O–H groups in total. The zero-order valence-electron chi connectivity index (χ0n) is 14.8. The van der Waals surface area contributed by atoms with E-state index in [4.69, 9.17) is 15.2 Å². The summed E-state index contributed by atoms with van der Waals surface area (Å²) in [5, 5.41) is 0. The van der Waals surface area contributed by atoms with Crippen molar-refractivity contribution in [2.45, 2.75) is 43.2 Å². The fourth-order valence-corrected chi connectivity index (χ4v) is 5.95. The van der Waals surface area contributed by atoms with Crippen LogP contribution in [0, 0.1) is 11.8 Å². The molecule has 2 heterocycles. The number of rotatable bonds is 4. The molecule has 3 aliphatic rings. The molecule has 4 unspecified atom stereocenters. The van der Waals surface area contributed by atoms with Crippen LogP contribution >= 0.6 is 0 Å². The number of nitrogens with two attached hydrogens (primary N) is 1. The fraction of sp³-hybridized carbons (Fsp3) is 0.611. The molecule has 1 saturated carbocycles. The average Bonchev–Trinajstić information content (AvgIpc) is 3.30. The normalized spacial score (nSPS) is 30.7. The Balaban J connectivity index is 1.53. The summed E-state index contributed by atoms with van der Waals surface area (Å²) in [6.07, 6.45) is 1.60. The Morgan fingerprint density at radius 1 is 1.35 bits per heavy atom. The number of esters is 1. The van der Waals surface area contributed by atoms with Crippen LogP contribution in [0.2, 0.25) is 0 Å². The smallest absolute Gasteiger partial charge is 0.347 e. The summed E-state index contributed by atoms with van der Waals surface area (Å²) in [4.78, 5) is 12.1. The number of carbonyl (C=O) groups excluding carboxylic acids is 1.